The Balaban J connectivity index is 2.03. The van der Waals surface area contributed by atoms with Crippen LogP contribution in [0.5, 0.6) is 0 Å². The summed E-state index contributed by atoms with van der Waals surface area (Å²) in [5.41, 5.74) is 7.63. The van der Waals surface area contributed by atoms with Gasteiger partial charge in [-0.15, -0.1) is 0 Å². The molecule has 0 spiro atoms. The highest BCUT2D eigenvalue weighted by molar-refractivity contribution is 6.07. The Morgan fingerprint density at radius 1 is 1.23 bits per heavy atom. The number of aromatic amines is 1. The Kier molecular flexibility index (Phi) is 5.91. The van der Waals surface area contributed by atoms with Crippen LogP contribution >= 0.6 is 0 Å². The molecule has 0 aliphatic carbocycles. The number of amides is 1. The van der Waals surface area contributed by atoms with E-state index in [9.17, 15) is 14.4 Å². The van der Waals surface area contributed by atoms with Crippen molar-refractivity contribution in [1.82, 2.24) is 19.3 Å². The van der Waals surface area contributed by atoms with Gasteiger partial charge in [0.2, 0.25) is 0 Å². The molecular weight excluding hydrogens is 384 g/mol. The summed E-state index contributed by atoms with van der Waals surface area (Å²) < 4.78 is 2.97. The van der Waals surface area contributed by atoms with E-state index in [-0.39, 0.29) is 11.5 Å². The molecule has 3 rings (SSSR count). The summed E-state index contributed by atoms with van der Waals surface area (Å²) in [5, 5.41) is 4.36. The van der Waals surface area contributed by atoms with Gasteiger partial charge < -0.3 is 10.6 Å². The molecule has 0 radical (unpaired) electrons. The van der Waals surface area contributed by atoms with Crippen molar-refractivity contribution < 1.29 is 4.79 Å². The maximum atomic E-state index is 13.2. The van der Waals surface area contributed by atoms with Crippen LogP contribution in [0.2, 0.25) is 0 Å². The van der Waals surface area contributed by atoms with E-state index in [1.807, 2.05) is 38.1 Å². The molecule has 0 aliphatic rings. The lowest BCUT2D eigenvalue weighted by Gasteiger charge is -2.20. The number of nitrogens with one attached hydrogen (secondary N) is 1. The molecular formula is C21H26N6O3. The number of nitrogens with zero attached hydrogens (tertiary/aromatic N) is 4. The first-order chi connectivity index (χ1) is 14.3. The van der Waals surface area contributed by atoms with Gasteiger partial charge in [-0.1, -0.05) is 31.5 Å². The summed E-state index contributed by atoms with van der Waals surface area (Å²) in [6, 6.07) is 7.71. The van der Waals surface area contributed by atoms with E-state index in [2.05, 4.69) is 10.1 Å². The van der Waals surface area contributed by atoms with Gasteiger partial charge in [-0.3, -0.25) is 19.1 Å². The molecule has 1 aromatic carbocycles. The van der Waals surface area contributed by atoms with Crippen LogP contribution in [0.3, 0.4) is 0 Å². The molecule has 0 bridgehead atoms. The minimum atomic E-state index is -0.704. The van der Waals surface area contributed by atoms with Gasteiger partial charge >= 0.3 is 5.69 Å². The predicted octanol–water partition coefficient (Wildman–Crippen LogP) is 2.00. The molecule has 30 heavy (non-hydrogen) atoms. The molecule has 0 saturated carbocycles. The number of carbonyl (C=O) groups is 1. The van der Waals surface area contributed by atoms with Gasteiger partial charge in [-0.25, -0.2) is 9.48 Å². The van der Waals surface area contributed by atoms with E-state index in [0.717, 1.165) is 24.1 Å². The van der Waals surface area contributed by atoms with E-state index in [1.54, 1.807) is 11.6 Å². The van der Waals surface area contributed by atoms with Gasteiger partial charge in [0.25, 0.3) is 11.5 Å². The number of unbranched alkanes of at least 4 members (excludes halogenated alkanes) is 1. The van der Waals surface area contributed by atoms with Crippen LogP contribution in [-0.2, 0) is 6.54 Å². The molecule has 0 saturated heterocycles. The molecule has 2 heterocycles. The summed E-state index contributed by atoms with van der Waals surface area (Å²) in [4.78, 5) is 41.2. The van der Waals surface area contributed by atoms with Crippen LogP contribution in [0.15, 0.2) is 40.1 Å². The number of aromatic nitrogens is 4. The lowest BCUT2D eigenvalue weighted by Crippen LogP contribution is -2.39. The van der Waals surface area contributed by atoms with Crippen molar-refractivity contribution in [2.24, 2.45) is 0 Å². The van der Waals surface area contributed by atoms with Crippen molar-refractivity contribution >= 4 is 17.4 Å². The molecule has 9 heteroatoms. The second-order valence-corrected chi connectivity index (χ2v) is 7.20. The monoisotopic (exact) mass is 410 g/mol. The number of aryl methyl sites for hydroxylation is 1. The highest BCUT2D eigenvalue weighted by Gasteiger charge is 2.25. The quantitative estimate of drug-likeness (QED) is 0.644. The average Bonchev–Trinajstić information content (AvgIpc) is 3.08. The first kappa shape index (κ1) is 21.1. The number of anilines is 2. The minimum absolute atomic E-state index is 0.0306. The number of hydrogen-bond donors (Lipinski definition) is 2. The highest BCUT2D eigenvalue weighted by Crippen LogP contribution is 2.22. The number of hydrogen-bond acceptors (Lipinski definition) is 5. The van der Waals surface area contributed by atoms with Crippen molar-refractivity contribution in [3.05, 3.63) is 68.1 Å². The van der Waals surface area contributed by atoms with Gasteiger partial charge in [0.1, 0.15) is 5.82 Å². The molecule has 0 atom stereocenters. The fourth-order valence-electron chi connectivity index (χ4n) is 3.39. The van der Waals surface area contributed by atoms with E-state index >= 15 is 0 Å². The van der Waals surface area contributed by atoms with Crippen LogP contribution in [0.1, 0.15) is 41.4 Å². The summed E-state index contributed by atoms with van der Waals surface area (Å²) in [6.07, 6.45) is 3.04. The van der Waals surface area contributed by atoms with Gasteiger partial charge in [-0.2, -0.15) is 5.10 Å². The molecule has 3 aromatic rings. The van der Waals surface area contributed by atoms with E-state index in [4.69, 9.17) is 5.73 Å². The molecule has 158 valence electrons. The largest absolute Gasteiger partial charge is 0.383 e. The number of rotatable bonds is 6. The van der Waals surface area contributed by atoms with Gasteiger partial charge in [0.05, 0.1) is 23.1 Å². The zero-order chi connectivity index (χ0) is 22.0. The lowest BCUT2D eigenvalue weighted by molar-refractivity contribution is 0.0992. The first-order valence-corrected chi connectivity index (χ1v) is 9.79. The molecule has 2 aromatic heterocycles. The van der Waals surface area contributed by atoms with Crippen LogP contribution in [0, 0.1) is 13.8 Å². The number of nitrogens with two attached hydrogens (primary N) is 1. The number of para-hydroxylation sites is 1. The second kappa shape index (κ2) is 8.40. The average molecular weight is 410 g/mol. The van der Waals surface area contributed by atoms with Crippen molar-refractivity contribution in [1.29, 1.82) is 0 Å². The van der Waals surface area contributed by atoms with Crippen LogP contribution in [-0.4, -0.2) is 32.3 Å². The zero-order valence-electron chi connectivity index (χ0n) is 17.6. The Labute approximate surface area is 173 Å². The van der Waals surface area contributed by atoms with E-state index < -0.39 is 17.2 Å². The number of carbonyl (C=O) groups excluding carboxylic acids is 1. The summed E-state index contributed by atoms with van der Waals surface area (Å²) in [6.45, 7) is 6.09. The molecule has 0 unspecified atom stereocenters. The van der Waals surface area contributed by atoms with Gasteiger partial charge in [-0.05, 0) is 31.9 Å². The summed E-state index contributed by atoms with van der Waals surface area (Å²) in [7, 11) is 1.46. The molecule has 9 nitrogen and oxygen atoms in total. The van der Waals surface area contributed by atoms with Crippen LogP contribution in [0.25, 0.3) is 5.69 Å². The van der Waals surface area contributed by atoms with Crippen molar-refractivity contribution in [3.63, 3.8) is 0 Å². The third-order valence-corrected chi connectivity index (χ3v) is 5.17. The number of H-pyrrole nitrogens is 1. The van der Waals surface area contributed by atoms with Gasteiger partial charge in [0, 0.05) is 13.6 Å². The van der Waals surface area contributed by atoms with Crippen molar-refractivity contribution in [2.75, 3.05) is 17.7 Å². The number of benzene rings is 1. The van der Waals surface area contributed by atoms with E-state index in [1.165, 1.54) is 22.7 Å². The minimum Gasteiger partial charge on any atom is -0.383 e. The Morgan fingerprint density at radius 3 is 2.60 bits per heavy atom. The third-order valence-electron chi connectivity index (χ3n) is 5.17. The Bertz CT molecular complexity index is 1200. The molecule has 0 fully saturated rings. The maximum Gasteiger partial charge on any atom is 0.330 e. The Hall–Kier alpha value is -3.62. The number of nitrogen functional groups attached to an aromatic ring is 1. The normalized spacial score (nSPS) is 10.9. The molecule has 1 amide bonds. The maximum absolute atomic E-state index is 13.2. The highest BCUT2D eigenvalue weighted by atomic mass is 16.2. The van der Waals surface area contributed by atoms with Crippen molar-refractivity contribution in [3.8, 4) is 5.69 Å². The summed E-state index contributed by atoms with van der Waals surface area (Å²) in [5.74, 6) is -0.470. The smallest absolute Gasteiger partial charge is 0.330 e. The third kappa shape index (κ3) is 3.66. The van der Waals surface area contributed by atoms with Crippen LogP contribution < -0.4 is 21.9 Å². The lowest BCUT2D eigenvalue weighted by atomic mass is 10.2. The fourth-order valence-corrected chi connectivity index (χ4v) is 3.39. The first-order valence-electron chi connectivity index (χ1n) is 9.79. The predicted molar refractivity (Wildman–Crippen MR) is 116 cm³/mol. The van der Waals surface area contributed by atoms with Crippen molar-refractivity contribution in [2.45, 2.75) is 40.2 Å². The standard InChI is InChI=1S/C21H26N6O3/c1-5-6-11-26-18(22)17(19(28)24-21(26)30)25(4)20(29)15-12-23-27(14(15)3)16-10-8-7-9-13(16)2/h7-10,12H,5-6,11,22H2,1-4H3,(H,24,28,30). The zero-order valence-corrected chi connectivity index (χ0v) is 17.6. The van der Waals surface area contributed by atoms with Gasteiger partial charge in [0.15, 0.2) is 5.69 Å². The molecule has 0 aliphatic heterocycles. The second-order valence-electron chi connectivity index (χ2n) is 7.20. The fraction of sp³-hybridized carbons (Fsp3) is 0.333. The van der Waals surface area contributed by atoms with E-state index in [0.29, 0.717) is 17.8 Å². The van der Waals surface area contributed by atoms with Crippen LogP contribution in [0.4, 0.5) is 11.5 Å². The topological polar surface area (TPSA) is 119 Å². The SMILES string of the molecule is CCCCn1c(N)c(N(C)C(=O)c2cnn(-c3ccccc3C)c2C)c(=O)[nH]c1=O. The molecule has 3 N–H and O–H groups in total. The summed E-state index contributed by atoms with van der Waals surface area (Å²) >= 11 is 0. The Morgan fingerprint density at radius 2 is 1.93 bits per heavy atom.